The molecule has 0 spiro atoms. The average molecular weight is 460 g/mol. The summed E-state index contributed by atoms with van der Waals surface area (Å²) in [6.07, 6.45) is 4.26. The highest BCUT2D eigenvalue weighted by Crippen LogP contribution is 2.43. The smallest absolute Gasteiger partial charge is 0.411 e. The molecular weight excluding hydrogens is 430 g/mol. The largest absolute Gasteiger partial charge is 0.494 e. The number of carbonyl (C=O) groups excluding carboxylic acids is 1. The number of ether oxygens (including phenoxy) is 3. The van der Waals surface area contributed by atoms with Gasteiger partial charge in [0.05, 0.1) is 36.6 Å². The molecule has 1 aliphatic heterocycles. The average Bonchev–Trinajstić information content (AvgIpc) is 3.12. The molecule has 0 radical (unpaired) electrons. The topological polar surface area (TPSA) is 85.5 Å². The van der Waals surface area contributed by atoms with Gasteiger partial charge >= 0.3 is 6.09 Å². The van der Waals surface area contributed by atoms with Crippen LogP contribution in [-0.2, 0) is 9.47 Å². The lowest BCUT2D eigenvalue weighted by Gasteiger charge is -2.30. The highest BCUT2D eigenvalue weighted by Gasteiger charge is 2.28. The number of carbonyl (C=O) groups is 1. The van der Waals surface area contributed by atoms with Crippen molar-refractivity contribution < 1.29 is 19.0 Å². The van der Waals surface area contributed by atoms with Gasteiger partial charge in [0, 0.05) is 36.0 Å². The van der Waals surface area contributed by atoms with Gasteiger partial charge < -0.3 is 18.8 Å². The van der Waals surface area contributed by atoms with Gasteiger partial charge in [-0.3, -0.25) is 5.32 Å². The number of hydrogen-bond donors (Lipinski definition) is 1. The lowest BCUT2D eigenvalue weighted by molar-refractivity contribution is 0.00592. The van der Waals surface area contributed by atoms with Gasteiger partial charge in [-0.25, -0.2) is 4.79 Å². The maximum absolute atomic E-state index is 12.3. The van der Waals surface area contributed by atoms with E-state index in [0.717, 1.165) is 53.6 Å². The monoisotopic (exact) mass is 459 g/mol. The van der Waals surface area contributed by atoms with Crippen LogP contribution in [0.15, 0.2) is 42.5 Å². The number of hydrogen-bond acceptors (Lipinski definition) is 5. The van der Waals surface area contributed by atoms with Crippen LogP contribution in [0.5, 0.6) is 5.75 Å². The van der Waals surface area contributed by atoms with Crippen molar-refractivity contribution in [3.63, 3.8) is 0 Å². The molecular formula is C27H29N3O4. The van der Waals surface area contributed by atoms with Crippen molar-refractivity contribution in [3.8, 4) is 23.1 Å². The highest BCUT2D eigenvalue weighted by molar-refractivity contribution is 5.96. The quantitative estimate of drug-likeness (QED) is 0.486. The summed E-state index contributed by atoms with van der Waals surface area (Å²) < 4.78 is 18.9. The van der Waals surface area contributed by atoms with Gasteiger partial charge in [-0.15, -0.1) is 0 Å². The number of aromatic nitrogens is 1. The lowest BCUT2D eigenvalue weighted by atomic mass is 9.92. The molecule has 0 atom stereocenters. The summed E-state index contributed by atoms with van der Waals surface area (Å²) in [6.45, 7) is 3.80. The maximum Gasteiger partial charge on any atom is 0.411 e. The van der Waals surface area contributed by atoms with Gasteiger partial charge in [0.2, 0.25) is 0 Å². The summed E-state index contributed by atoms with van der Waals surface area (Å²) in [4.78, 5) is 12.3. The second kappa shape index (κ2) is 9.78. The Morgan fingerprint density at radius 1 is 1.15 bits per heavy atom. The number of rotatable bonds is 6. The molecule has 2 aromatic carbocycles. The van der Waals surface area contributed by atoms with Gasteiger partial charge in [0.15, 0.2) is 0 Å². The first-order valence-corrected chi connectivity index (χ1v) is 12.0. The molecule has 7 heteroatoms. The zero-order chi connectivity index (χ0) is 23.5. The molecule has 1 saturated heterocycles. The van der Waals surface area contributed by atoms with Crippen LogP contribution >= 0.6 is 0 Å². The Hall–Kier alpha value is -3.50. The number of fused-ring (bicyclic) bond motifs is 1. The van der Waals surface area contributed by atoms with E-state index in [1.807, 2.05) is 49.4 Å². The molecule has 5 rings (SSSR count). The lowest BCUT2D eigenvalue weighted by Crippen LogP contribution is -2.28. The summed E-state index contributed by atoms with van der Waals surface area (Å²) in [5.41, 5.74) is 4.23. The number of anilines is 1. The van der Waals surface area contributed by atoms with Crippen molar-refractivity contribution in [1.29, 1.82) is 5.26 Å². The Balaban J connectivity index is 1.45. The van der Waals surface area contributed by atoms with Crippen LogP contribution < -0.4 is 10.1 Å². The minimum atomic E-state index is -0.454. The van der Waals surface area contributed by atoms with Crippen LogP contribution in [0.3, 0.4) is 0 Å². The van der Waals surface area contributed by atoms with E-state index in [0.29, 0.717) is 37.1 Å². The molecule has 1 amide bonds. The van der Waals surface area contributed by atoms with Gasteiger partial charge in [-0.05, 0) is 56.0 Å². The first-order chi connectivity index (χ1) is 16.7. The Bertz CT molecular complexity index is 1220. The van der Waals surface area contributed by atoms with Crippen molar-refractivity contribution in [1.82, 2.24) is 4.57 Å². The summed E-state index contributed by atoms with van der Waals surface area (Å²) in [7, 11) is 0. The van der Waals surface area contributed by atoms with Crippen molar-refractivity contribution in [2.45, 2.75) is 51.2 Å². The molecule has 0 unspecified atom stereocenters. The van der Waals surface area contributed by atoms with E-state index in [4.69, 9.17) is 14.2 Å². The van der Waals surface area contributed by atoms with Crippen LogP contribution in [0.4, 0.5) is 10.5 Å². The molecule has 34 heavy (non-hydrogen) atoms. The van der Waals surface area contributed by atoms with E-state index >= 15 is 0 Å². The molecule has 3 aromatic rings. The van der Waals surface area contributed by atoms with Crippen molar-refractivity contribution in [3.05, 3.63) is 48.0 Å². The summed E-state index contributed by atoms with van der Waals surface area (Å²) >= 11 is 0. The molecule has 2 aliphatic rings. The molecule has 1 N–H and O–H groups in total. The predicted molar refractivity (Wildman–Crippen MR) is 130 cm³/mol. The molecule has 0 bridgehead atoms. The van der Waals surface area contributed by atoms with Crippen molar-refractivity contribution in [2.75, 3.05) is 25.1 Å². The van der Waals surface area contributed by atoms with Crippen LogP contribution in [0.2, 0.25) is 0 Å². The standard InChI is InChI=1S/C27H29N3O4/c1-2-33-22-10-11-23-24(17-28)26(30(25(23)16-22)20-4-3-5-20)18-6-8-19(9-7-18)29-27(31)34-21-12-14-32-15-13-21/h6-11,16,20-21H,2-5,12-15H2,1H3,(H,29,31). The van der Waals surface area contributed by atoms with E-state index in [1.165, 1.54) is 6.42 Å². The fourth-order valence-electron chi connectivity index (χ4n) is 4.77. The Morgan fingerprint density at radius 3 is 2.56 bits per heavy atom. The summed E-state index contributed by atoms with van der Waals surface area (Å²) in [5, 5.41) is 13.8. The van der Waals surface area contributed by atoms with Crippen molar-refractivity contribution in [2.24, 2.45) is 0 Å². The Morgan fingerprint density at radius 2 is 1.91 bits per heavy atom. The second-order valence-corrected chi connectivity index (χ2v) is 8.82. The molecule has 176 valence electrons. The molecule has 1 aromatic heterocycles. The van der Waals surface area contributed by atoms with Crippen LogP contribution in [0.25, 0.3) is 22.2 Å². The van der Waals surface area contributed by atoms with Crippen LogP contribution in [-0.4, -0.2) is 36.6 Å². The van der Waals surface area contributed by atoms with Crippen LogP contribution in [0, 0.1) is 11.3 Å². The third-order valence-corrected chi connectivity index (χ3v) is 6.69. The van der Waals surface area contributed by atoms with E-state index in [1.54, 1.807) is 0 Å². The van der Waals surface area contributed by atoms with Gasteiger partial charge in [0.25, 0.3) is 0 Å². The predicted octanol–water partition coefficient (Wildman–Crippen LogP) is 6.03. The zero-order valence-electron chi connectivity index (χ0n) is 19.4. The minimum Gasteiger partial charge on any atom is -0.494 e. The molecule has 7 nitrogen and oxygen atoms in total. The van der Waals surface area contributed by atoms with Gasteiger partial charge in [-0.2, -0.15) is 5.26 Å². The number of benzene rings is 2. The first kappa shape index (κ1) is 22.3. The Kier molecular flexibility index (Phi) is 6.41. The zero-order valence-corrected chi connectivity index (χ0v) is 19.4. The third kappa shape index (κ3) is 4.34. The highest BCUT2D eigenvalue weighted by atomic mass is 16.6. The van der Waals surface area contributed by atoms with E-state index < -0.39 is 6.09 Å². The van der Waals surface area contributed by atoms with E-state index in [2.05, 4.69) is 16.0 Å². The van der Waals surface area contributed by atoms with Gasteiger partial charge in [-0.1, -0.05) is 12.1 Å². The molecule has 2 fully saturated rings. The SMILES string of the molecule is CCOc1ccc2c(C#N)c(-c3ccc(NC(=O)OC4CCOCC4)cc3)n(C3CCC3)c2c1. The van der Waals surface area contributed by atoms with Gasteiger partial charge in [0.1, 0.15) is 17.9 Å². The fourth-order valence-corrected chi connectivity index (χ4v) is 4.77. The Labute approximate surface area is 199 Å². The maximum atomic E-state index is 12.3. The second-order valence-electron chi connectivity index (χ2n) is 8.82. The molecule has 1 saturated carbocycles. The first-order valence-electron chi connectivity index (χ1n) is 12.0. The van der Waals surface area contributed by atoms with Crippen molar-refractivity contribution >= 4 is 22.7 Å². The molecule has 2 heterocycles. The number of nitrogens with zero attached hydrogens (tertiary/aromatic N) is 2. The number of amides is 1. The van der Waals surface area contributed by atoms with E-state index in [-0.39, 0.29) is 6.10 Å². The fraction of sp³-hybridized carbons (Fsp3) is 0.407. The minimum absolute atomic E-state index is 0.106. The third-order valence-electron chi connectivity index (χ3n) is 6.69. The summed E-state index contributed by atoms with van der Waals surface area (Å²) in [5.74, 6) is 0.812. The normalized spacial score (nSPS) is 16.6. The van der Waals surface area contributed by atoms with Crippen LogP contribution in [0.1, 0.15) is 50.6 Å². The summed E-state index contributed by atoms with van der Waals surface area (Å²) in [6, 6.07) is 16.4. The number of nitriles is 1. The van der Waals surface area contributed by atoms with E-state index in [9.17, 15) is 10.1 Å². The number of nitrogens with one attached hydrogen (secondary N) is 1. The molecule has 1 aliphatic carbocycles.